The highest BCUT2D eigenvalue weighted by atomic mass is 32.2. The zero-order valence-corrected chi connectivity index (χ0v) is 20.3. The van der Waals surface area contributed by atoms with Crippen molar-refractivity contribution in [2.45, 2.75) is 65.1 Å². The topological polar surface area (TPSA) is 98.5 Å². The Hall–Kier alpha value is -2.94. The molecular formula is C23H29N5O3S. The molecule has 170 valence electrons. The Balaban J connectivity index is 1.72. The first kappa shape index (κ1) is 23.7. The first-order chi connectivity index (χ1) is 15.1. The van der Waals surface area contributed by atoms with Gasteiger partial charge in [-0.25, -0.2) is 9.50 Å². The molecule has 1 unspecified atom stereocenters. The van der Waals surface area contributed by atoms with Crippen LogP contribution < -0.4 is 5.32 Å². The van der Waals surface area contributed by atoms with Crippen LogP contribution in [0.2, 0.25) is 0 Å². The summed E-state index contributed by atoms with van der Waals surface area (Å²) in [6, 6.07) is 5.90. The molecule has 0 aliphatic carbocycles. The predicted molar refractivity (Wildman–Crippen MR) is 125 cm³/mol. The van der Waals surface area contributed by atoms with E-state index in [1.807, 2.05) is 45.2 Å². The molecule has 1 N–H and O–H groups in total. The molecule has 0 bridgehead atoms. The quantitative estimate of drug-likeness (QED) is 0.424. The van der Waals surface area contributed by atoms with E-state index in [0.29, 0.717) is 22.2 Å². The highest BCUT2D eigenvalue weighted by Crippen LogP contribution is 2.27. The Morgan fingerprint density at radius 3 is 2.53 bits per heavy atom. The number of anilines is 1. The fourth-order valence-corrected chi connectivity index (χ4v) is 3.87. The third-order valence-corrected chi connectivity index (χ3v) is 5.92. The maximum Gasteiger partial charge on any atom is 0.311 e. The van der Waals surface area contributed by atoms with Crippen LogP contribution in [0.5, 0.6) is 0 Å². The van der Waals surface area contributed by atoms with Crippen LogP contribution in [0.25, 0.3) is 5.78 Å². The lowest BCUT2D eigenvalue weighted by Gasteiger charge is -2.19. The minimum atomic E-state index is -0.936. The number of ether oxygens (including phenoxy) is 1. The molecule has 0 fully saturated rings. The zero-order chi connectivity index (χ0) is 23.6. The number of amides is 1. The van der Waals surface area contributed by atoms with Gasteiger partial charge in [0.2, 0.25) is 5.16 Å². The summed E-state index contributed by atoms with van der Waals surface area (Å²) in [5.41, 5.74) is 4.95. The van der Waals surface area contributed by atoms with E-state index in [4.69, 9.17) is 4.74 Å². The number of carbonyl (C=O) groups excluding carboxylic acids is 2. The number of carbonyl (C=O) groups is 2. The molecule has 8 nitrogen and oxygen atoms in total. The summed E-state index contributed by atoms with van der Waals surface area (Å²) in [7, 11) is 0. The molecule has 0 radical (unpaired) electrons. The third kappa shape index (κ3) is 4.93. The van der Waals surface area contributed by atoms with Crippen LogP contribution in [-0.2, 0) is 20.7 Å². The van der Waals surface area contributed by atoms with Gasteiger partial charge in [0.05, 0.1) is 6.42 Å². The summed E-state index contributed by atoms with van der Waals surface area (Å²) in [5.74, 6) is -0.121. The smallest absolute Gasteiger partial charge is 0.311 e. The fourth-order valence-electron chi connectivity index (χ4n) is 3.54. The molecule has 3 rings (SSSR count). The molecule has 32 heavy (non-hydrogen) atoms. The molecule has 1 amide bonds. The van der Waals surface area contributed by atoms with E-state index in [2.05, 4.69) is 34.2 Å². The Kier molecular flexibility index (Phi) is 7.18. The number of hydrogen-bond donors (Lipinski definition) is 1. The van der Waals surface area contributed by atoms with E-state index in [9.17, 15) is 9.59 Å². The molecule has 2 heterocycles. The average Bonchev–Trinajstić information content (AvgIpc) is 3.15. The zero-order valence-electron chi connectivity index (χ0n) is 19.5. The van der Waals surface area contributed by atoms with Gasteiger partial charge in [-0.2, -0.15) is 4.98 Å². The number of hydrogen-bond acceptors (Lipinski definition) is 7. The Morgan fingerprint density at radius 1 is 1.16 bits per heavy atom. The molecule has 0 aliphatic heterocycles. The van der Waals surface area contributed by atoms with E-state index in [1.165, 1.54) is 11.8 Å². The van der Waals surface area contributed by atoms with Crippen molar-refractivity contribution in [2.75, 3.05) is 11.6 Å². The second kappa shape index (κ2) is 9.68. The largest absolute Gasteiger partial charge is 0.452 e. The highest BCUT2D eigenvalue weighted by molar-refractivity contribution is 7.98. The van der Waals surface area contributed by atoms with Crippen molar-refractivity contribution in [3.63, 3.8) is 0 Å². The van der Waals surface area contributed by atoms with Gasteiger partial charge in [0, 0.05) is 22.6 Å². The first-order valence-corrected chi connectivity index (χ1v) is 11.7. The maximum absolute atomic E-state index is 12.7. The van der Waals surface area contributed by atoms with E-state index in [0.717, 1.165) is 22.5 Å². The lowest BCUT2D eigenvalue weighted by Crippen LogP contribution is -2.31. The van der Waals surface area contributed by atoms with E-state index >= 15 is 0 Å². The number of aryl methyl sites for hydroxylation is 3. The van der Waals surface area contributed by atoms with Crippen LogP contribution in [0.3, 0.4) is 0 Å². The van der Waals surface area contributed by atoms with Crippen LogP contribution in [0.15, 0.2) is 23.4 Å². The highest BCUT2D eigenvalue weighted by Gasteiger charge is 2.22. The summed E-state index contributed by atoms with van der Waals surface area (Å²) in [4.78, 5) is 34.2. The number of fused-ring (bicyclic) bond motifs is 1. The molecular weight excluding hydrogens is 426 g/mol. The summed E-state index contributed by atoms with van der Waals surface area (Å²) >= 11 is 1.43. The molecule has 0 aliphatic rings. The van der Waals surface area contributed by atoms with Crippen molar-refractivity contribution in [1.29, 1.82) is 0 Å². The normalized spacial score (nSPS) is 12.2. The number of para-hydroxylation sites is 1. The van der Waals surface area contributed by atoms with Crippen LogP contribution in [-0.4, -0.2) is 43.8 Å². The average molecular weight is 456 g/mol. The SMILES string of the molecule is CSc1nc2nc(C)c(CC(=O)OC(C)C(=O)Nc3c(C)cccc3C(C)C)c(C)n2n1. The second-order valence-corrected chi connectivity index (χ2v) is 8.84. The summed E-state index contributed by atoms with van der Waals surface area (Å²) in [6.07, 6.45) is 0.950. The van der Waals surface area contributed by atoms with Gasteiger partial charge < -0.3 is 10.1 Å². The van der Waals surface area contributed by atoms with Crippen molar-refractivity contribution in [3.8, 4) is 0 Å². The summed E-state index contributed by atoms with van der Waals surface area (Å²) in [5, 5.41) is 7.94. The van der Waals surface area contributed by atoms with Crippen LogP contribution >= 0.6 is 11.8 Å². The number of nitrogens with zero attached hydrogens (tertiary/aromatic N) is 4. The van der Waals surface area contributed by atoms with Gasteiger partial charge in [0.25, 0.3) is 11.7 Å². The van der Waals surface area contributed by atoms with Crippen molar-refractivity contribution in [3.05, 3.63) is 46.3 Å². The third-order valence-electron chi connectivity index (χ3n) is 5.39. The minimum Gasteiger partial charge on any atom is -0.452 e. The van der Waals surface area contributed by atoms with Crippen molar-refractivity contribution < 1.29 is 14.3 Å². The van der Waals surface area contributed by atoms with Gasteiger partial charge in [-0.05, 0) is 51.0 Å². The van der Waals surface area contributed by atoms with Gasteiger partial charge >= 0.3 is 5.97 Å². The van der Waals surface area contributed by atoms with E-state index < -0.39 is 12.1 Å². The Morgan fingerprint density at radius 2 is 1.88 bits per heavy atom. The van der Waals surface area contributed by atoms with Crippen LogP contribution in [0, 0.1) is 20.8 Å². The maximum atomic E-state index is 12.7. The minimum absolute atomic E-state index is 0.00566. The molecule has 9 heteroatoms. The van der Waals surface area contributed by atoms with E-state index in [-0.39, 0.29) is 18.2 Å². The lowest BCUT2D eigenvalue weighted by atomic mass is 9.98. The lowest BCUT2D eigenvalue weighted by molar-refractivity contribution is -0.152. The van der Waals surface area contributed by atoms with Gasteiger partial charge in [0.1, 0.15) is 0 Å². The second-order valence-electron chi connectivity index (χ2n) is 8.06. The van der Waals surface area contributed by atoms with Crippen LogP contribution in [0.4, 0.5) is 5.69 Å². The number of benzene rings is 1. The number of aromatic nitrogens is 4. The molecule has 0 saturated heterocycles. The Bertz CT molecular complexity index is 1170. The van der Waals surface area contributed by atoms with Crippen molar-refractivity contribution in [1.82, 2.24) is 19.6 Å². The van der Waals surface area contributed by atoms with Crippen molar-refractivity contribution in [2.24, 2.45) is 0 Å². The fraction of sp³-hybridized carbons (Fsp3) is 0.435. The molecule has 2 aromatic heterocycles. The number of rotatable bonds is 7. The predicted octanol–water partition coefficient (Wildman–Crippen LogP) is 4.01. The van der Waals surface area contributed by atoms with Crippen molar-refractivity contribution >= 4 is 35.1 Å². The molecule has 0 saturated carbocycles. The molecule has 1 atom stereocenters. The first-order valence-electron chi connectivity index (χ1n) is 10.5. The standard InChI is InChI=1S/C23H29N5O3S/c1-12(2)17-10-8-9-13(3)20(17)25-21(30)16(6)31-19(29)11-18-14(4)24-22-26-23(32-7)27-28(22)15(18)5/h8-10,12,16H,11H2,1-7H3,(H,25,30). The Labute approximate surface area is 192 Å². The van der Waals surface area contributed by atoms with Gasteiger partial charge in [-0.3, -0.25) is 9.59 Å². The summed E-state index contributed by atoms with van der Waals surface area (Å²) < 4.78 is 7.08. The van der Waals surface area contributed by atoms with Gasteiger partial charge in [0.15, 0.2) is 6.10 Å². The number of nitrogens with one attached hydrogen (secondary N) is 1. The molecule has 0 spiro atoms. The monoisotopic (exact) mass is 455 g/mol. The van der Waals surface area contributed by atoms with Gasteiger partial charge in [-0.1, -0.05) is 43.8 Å². The molecule has 1 aromatic carbocycles. The van der Waals surface area contributed by atoms with Gasteiger partial charge in [-0.15, -0.1) is 5.10 Å². The van der Waals surface area contributed by atoms with E-state index in [1.54, 1.807) is 11.4 Å². The molecule has 3 aromatic rings. The number of thioether (sulfide) groups is 1. The summed E-state index contributed by atoms with van der Waals surface area (Å²) in [6.45, 7) is 11.3. The number of esters is 1. The van der Waals surface area contributed by atoms with Crippen LogP contribution in [0.1, 0.15) is 54.8 Å².